The minimum atomic E-state index is -0.742. The van der Waals surface area contributed by atoms with E-state index in [1.807, 2.05) is 0 Å². The third-order valence-corrected chi connectivity index (χ3v) is 2.08. The molecule has 0 fully saturated rings. The van der Waals surface area contributed by atoms with Gasteiger partial charge in [-0.05, 0) is 24.5 Å². The summed E-state index contributed by atoms with van der Waals surface area (Å²) in [7, 11) is 0. The summed E-state index contributed by atoms with van der Waals surface area (Å²) in [6.07, 6.45) is 3.72. The third kappa shape index (κ3) is 2.79. The molecule has 0 amide bonds. The molecular formula is C11H14F2. The van der Waals surface area contributed by atoms with Gasteiger partial charge in [0.2, 0.25) is 0 Å². The van der Waals surface area contributed by atoms with E-state index in [-0.39, 0.29) is 0 Å². The molecule has 0 aliphatic heterocycles. The summed E-state index contributed by atoms with van der Waals surface area (Å²) < 4.78 is 25.8. The van der Waals surface area contributed by atoms with Gasteiger partial charge in [0.1, 0.15) is 0 Å². The molecule has 0 aliphatic carbocycles. The predicted octanol–water partition coefficient (Wildman–Crippen LogP) is 3.70. The first-order valence-electron chi connectivity index (χ1n) is 4.68. The maximum atomic E-state index is 13.1. The van der Waals surface area contributed by atoms with Crippen molar-refractivity contribution in [3.8, 4) is 0 Å². The molecule has 1 aromatic carbocycles. The first-order chi connectivity index (χ1) is 6.25. The molecule has 0 saturated carbocycles. The highest BCUT2D eigenvalue weighted by molar-refractivity contribution is 5.18. The molecule has 0 N–H and O–H groups in total. The number of benzene rings is 1. The highest BCUT2D eigenvalue weighted by Gasteiger charge is 2.05. The van der Waals surface area contributed by atoms with Crippen LogP contribution in [-0.2, 0) is 6.42 Å². The zero-order chi connectivity index (χ0) is 9.68. The van der Waals surface area contributed by atoms with Crippen LogP contribution in [0.3, 0.4) is 0 Å². The fraction of sp³-hybridized carbons (Fsp3) is 0.455. The summed E-state index contributed by atoms with van der Waals surface area (Å²) in [5.41, 5.74) is 0.494. The van der Waals surface area contributed by atoms with Gasteiger partial charge in [-0.25, -0.2) is 8.78 Å². The second-order valence-electron chi connectivity index (χ2n) is 3.17. The molecule has 0 aliphatic rings. The van der Waals surface area contributed by atoms with E-state index < -0.39 is 11.6 Å². The van der Waals surface area contributed by atoms with E-state index in [4.69, 9.17) is 0 Å². The van der Waals surface area contributed by atoms with Gasteiger partial charge >= 0.3 is 0 Å². The predicted molar refractivity (Wildman–Crippen MR) is 49.6 cm³/mol. The van der Waals surface area contributed by atoms with Crippen LogP contribution in [0.1, 0.15) is 31.7 Å². The van der Waals surface area contributed by atoms with Gasteiger partial charge in [-0.2, -0.15) is 0 Å². The highest BCUT2D eigenvalue weighted by atomic mass is 19.2. The Morgan fingerprint density at radius 3 is 2.62 bits per heavy atom. The molecule has 1 aromatic rings. The maximum absolute atomic E-state index is 13.1. The minimum absolute atomic E-state index is 0.494. The van der Waals surface area contributed by atoms with Crippen LogP contribution in [-0.4, -0.2) is 0 Å². The maximum Gasteiger partial charge on any atom is 0.162 e. The smallest absolute Gasteiger partial charge is 0.162 e. The molecule has 0 bridgehead atoms. The first-order valence-corrected chi connectivity index (χ1v) is 4.68. The molecule has 2 heteroatoms. The quantitative estimate of drug-likeness (QED) is 0.626. The number of rotatable bonds is 4. The topological polar surface area (TPSA) is 0 Å². The molecule has 0 unspecified atom stereocenters. The van der Waals surface area contributed by atoms with E-state index in [9.17, 15) is 8.78 Å². The van der Waals surface area contributed by atoms with Crippen molar-refractivity contribution in [2.75, 3.05) is 0 Å². The van der Waals surface area contributed by atoms with Gasteiger partial charge in [-0.1, -0.05) is 31.9 Å². The minimum Gasteiger partial charge on any atom is -0.204 e. The molecule has 0 heterocycles. The summed E-state index contributed by atoms with van der Waals surface area (Å²) in [4.78, 5) is 0. The normalized spacial score (nSPS) is 10.4. The lowest BCUT2D eigenvalue weighted by Crippen LogP contribution is -1.93. The van der Waals surface area contributed by atoms with Crippen molar-refractivity contribution in [3.05, 3.63) is 35.4 Å². The van der Waals surface area contributed by atoms with Gasteiger partial charge in [0.05, 0.1) is 0 Å². The fourth-order valence-corrected chi connectivity index (χ4v) is 1.31. The van der Waals surface area contributed by atoms with E-state index in [1.54, 1.807) is 12.1 Å². The molecule has 0 atom stereocenters. The Bertz CT molecular complexity index is 269. The van der Waals surface area contributed by atoms with E-state index in [2.05, 4.69) is 6.92 Å². The van der Waals surface area contributed by atoms with Crippen molar-refractivity contribution < 1.29 is 8.78 Å². The summed E-state index contributed by atoms with van der Waals surface area (Å²) in [6.45, 7) is 2.09. The van der Waals surface area contributed by atoms with Crippen LogP contribution in [0.25, 0.3) is 0 Å². The lowest BCUT2D eigenvalue weighted by molar-refractivity contribution is 0.496. The van der Waals surface area contributed by atoms with Gasteiger partial charge in [0.25, 0.3) is 0 Å². The summed E-state index contributed by atoms with van der Waals surface area (Å²) >= 11 is 0. The average molecular weight is 184 g/mol. The van der Waals surface area contributed by atoms with Gasteiger partial charge in [0.15, 0.2) is 11.6 Å². The van der Waals surface area contributed by atoms with Crippen molar-refractivity contribution in [2.45, 2.75) is 32.6 Å². The first kappa shape index (κ1) is 10.2. The van der Waals surface area contributed by atoms with E-state index in [1.165, 1.54) is 0 Å². The second kappa shape index (κ2) is 4.95. The van der Waals surface area contributed by atoms with Crippen LogP contribution >= 0.6 is 0 Å². The molecule has 0 nitrogen and oxygen atoms in total. The Hall–Kier alpha value is -0.920. The van der Waals surface area contributed by atoms with Crippen LogP contribution < -0.4 is 0 Å². The Morgan fingerprint density at radius 2 is 1.92 bits per heavy atom. The van der Waals surface area contributed by atoms with Crippen LogP contribution in [0.2, 0.25) is 0 Å². The molecule has 72 valence electrons. The number of halogens is 2. The largest absolute Gasteiger partial charge is 0.204 e. The van der Waals surface area contributed by atoms with Crippen molar-refractivity contribution >= 4 is 0 Å². The molecule has 0 aromatic heterocycles. The third-order valence-electron chi connectivity index (χ3n) is 2.08. The monoisotopic (exact) mass is 184 g/mol. The molecule has 0 radical (unpaired) electrons. The van der Waals surface area contributed by atoms with Crippen molar-refractivity contribution in [1.29, 1.82) is 0 Å². The van der Waals surface area contributed by atoms with Crippen LogP contribution in [0, 0.1) is 11.6 Å². The number of hydrogen-bond donors (Lipinski definition) is 0. The second-order valence-corrected chi connectivity index (χ2v) is 3.17. The van der Waals surface area contributed by atoms with Crippen LogP contribution in [0.4, 0.5) is 8.78 Å². The van der Waals surface area contributed by atoms with Crippen molar-refractivity contribution in [3.63, 3.8) is 0 Å². The Kier molecular flexibility index (Phi) is 3.87. The molecule has 0 spiro atoms. The van der Waals surface area contributed by atoms with E-state index in [0.717, 1.165) is 25.3 Å². The Morgan fingerprint density at radius 1 is 1.15 bits per heavy atom. The number of aryl methyl sites for hydroxylation is 1. The molecular weight excluding hydrogens is 170 g/mol. The van der Waals surface area contributed by atoms with Crippen molar-refractivity contribution in [1.82, 2.24) is 0 Å². The zero-order valence-electron chi connectivity index (χ0n) is 7.82. The molecule has 1 rings (SSSR count). The summed E-state index contributed by atoms with van der Waals surface area (Å²) in [5, 5.41) is 0. The molecule has 13 heavy (non-hydrogen) atoms. The number of hydrogen-bond acceptors (Lipinski definition) is 0. The lowest BCUT2D eigenvalue weighted by atomic mass is 10.1. The van der Waals surface area contributed by atoms with Crippen LogP contribution in [0.15, 0.2) is 18.2 Å². The molecule has 0 saturated heterocycles. The standard InChI is InChI=1S/C11H14F2/c1-2-3-4-6-9-7-5-8-10(12)11(9)13/h5,7-8H,2-4,6H2,1H3. The zero-order valence-corrected chi connectivity index (χ0v) is 7.82. The summed E-state index contributed by atoms with van der Waals surface area (Å²) in [5.74, 6) is -1.42. The van der Waals surface area contributed by atoms with Crippen LogP contribution in [0.5, 0.6) is 0 Å². The summed E-state index contributed by atoms with van der Waals surface area (Å²) in [6, 6.07) is 4.35. The van der Waals surface area contributed by atoms with Gasteiger partial charge in [-0.15, -0.1) is 0 Å². The Labute approximate surface area is 77.6 Å². The van der Waals surface area contributed by atoms with Gasteiger partial charge in [-0.3, -0.25) is 0 Å². The van der Waals surface area contributed by atoms with Gasteiger partial charge < -0.3 is 0 Å². The number of unbranched alkanes of at least 4 members (excludes halogenated alkanes) is 2. The fourth-order valence-electron chi connectivity index (χ4n) is 1.31. The average Bonchev–Trinajstić information content (AvgIpc) is 2.13. The van der Waals surface area contributed by atoms with Crippen molar-refractivity contribution in [2.24, 2.45) is 0 Å². The van der Waals surface area contributed by atoms with E-state index >= 15 is 0 Å². The SMILES string of the molecule is CCCCCc1cccc(F)c1F. The van der Waals surface area contributed by atoms with Gasteiger partial charge in [0, 0.05) is 0 Å². The van der Waals surface area contributed by atoms with E-state index in [0.29, 0.717) is 12.0 Å². The Balaban J connectivity index is 2.61. The lowest BCUT2D eigenvalue weighted by Gasteiger charge is -2.02. The highest BCUT2D eigenvalue weighted by Crippen LogP contribution is 2.14.